The van der Waals surface area contributed by atoms with Crippen molar-refractivity contribution in [3.8, 4) is 0 Å². The van der Waals surface area contributed by atoms with E-state index in [0.29, 0.717) is 6.61 Å². The average Bonchev–Trinajstić information content (AvgIpc) is 2.14. The van der Waals surface area contributed by atoms with Gasteiger partial charge in [0.05, 0.1) is 6.61 Å². The molecule has 0 fully saturated rings. The van der Waals surface area contributed by atoms with E-state index in [2.05, 4.69) is 4.99 Å². The lowest BCUT2D eigenvalue weighted by Gasteiger charge is -2.07. The van der Waals surface area contributed by atoms with Gasteiger partial charge in [-0.05, 0) is 31.8 Å². The number of ether oxygens (including phenoxy) is 1. The van der Waals surface area contributed by atoms with E-state index in [1.165, 1.54) is 0 Å². The van der Waals surface area contributed by atoms with E-state index in [1.54, 1.807) is 0 Å². The lowest BCUT2D eigenvalue weighted by Crippen LogP contribution is -1.97. The van der Waals surface area contributed by atoms with E-state index in [9.17, 15) is 0 Å². The molecular formula is C9H15NO2. The zero-order chi connectivity index (χ0) is 8.65. The van der Waals surface area contributed by atoms with Crippen molar-refractivity contribution in [2.75, 3.05) is 13.2 Å². The minimum atomic E-state index is 0.242. The van der Waals surface area contributed by atoms with Crippen LogP contribution < -0.4 is 0 Å². The van der Waals surface area contributed by atoms with Gasteiger partial charge in [0.2, 0.25) is 5.88 Å². The van der Waals surface area contributed by atoms with Gasteiger partial charge in [-0.2, -0.15) is 0 Å². The summed E-state index contributed by atoms with van der Waals surface area (Å²) < 4.78 is 5.34. The third kappa shape index (κ3) is 3.53. The molecule has 0 aromatic heterocycles. The van der Waals surface area contributed by atoms with Gasteiger partial charge in [-0.25, -0.2) is 4.99 Å². The van der Waals surface area contributed by atoms with Gasteiger partial charge in [-0.1, -0.05) is 0 Å². The summed E-state index contributed by atoms with van der Waals surface area (Å²) in [6.45, 7) is 0.898. The molecule has 0 aromatic rings. The molecule has 0 saturated carbocycles. The first-order valence-electron chi connectivity index (χ1n) is 4.40. The van der Waals surface area contributed by atoms with Gasteiger partial charge < -0.3 is 9.84 Å². The fraction of sp³-hybridized carbons (Fsp3) is 0.667. The molecule has 12 heavy (non-hydrogen) atoms. The second-order valence-electron chi connectivity index (χ2n) is 2.71. The lowest BCUT2D eigenvalue weighted by molar-refractivity contribution is 0.189. The molecule has 0 bridgehead atoms. The maximum absolute atomic E-state index is 8.50. The zero-order valence-electron chi connectivity index (χ0n) is 7.20. The standard InChI is InChI=1S/C9H15NO2/c11-7-3-4-8-12-9-5-1-2-6-10-9/h5-6,11H,1-4,7-8H2. The maximum atomic E-state index is 8.50. The molecule has 1 aliphatic heterocycles. The molecule has 0 saturated heterocycles. The lowest BCUT2D eigenvalue weighted by atomic mass is 10.3. The van der Waals surface area contributed by atoms with Crippen LogP contribution in [0.25, 0.3) is 0 Å². The SMILES string of the molecule is OCCCCOC1=CCCC=N1. The van der Waals surface area contributed by atoms with Crippen LogP contribution in [0.4, 0.5) is 0 Å². The summed E-state index contributed by atoms with van der Waals surface area (Å²) in [5.74, 6) is 0.735. The van der Waals surface area contributed by atoms with Gasteiger partial charge >= 0.3 is 0 Å². The van der Waals surface area contributed by atoms with Crippen LogP contribution in [-0.2, 0) is 4.74 Å². The van der Waals surface area contributed by atoms with Gasteiger partial charge in [0.15, 0.2) is 0 Å². The van der Waals surface area contributed by atoms with Crippen molar-refractivity contribution in [1.29, 1.82) is 0 Å². The molecule has 0 spiro atoms. The molecule has 0 atom stereocenters. The van der Waals surface area contributed by atoms with Crippen LogP contribution in [0.15, 0.2) is 17.0 Å². The van der Waals surface area contributed by atoms with Crippen LogP contribution in [0, 0.1) is 0 Å². The number of hydrogen-bond donors (Lipinski definition) is 1. The van der Waals surface area contributed by atoms with Gasteiger partial charge in [-0.3, -0.25) is 0 Å². The predicted octanol–water partition coefficient (Wildman–Crippen LogP) is 1.48. The first kappa shape index (κ1) is 9.26. The van der Waals surface area contributed by atoms with Gasteiger partial charge in [0, 0.05) is 12.8 Å². The van der Waals surface area contributed by atoms with Crippen LogP contribution in [0.1, 0.15) is 25.7 Å². The van der Waals surface area contributed by atoms with Crippen LogP contribution in [0.5, 0.6) is 0 Å². The van der Waals surface area contributed by atoms with Crippen molar-refractivity contribution in [2.24, 2.45) is 4.99 Å². The highest BCUT2D eigenvalue weighted by atomic mass is 16.5. The van der Waals surface area contributed by atoms with E-state index in [-0.39, 0.29) is 6.61 Å². The molecule has 0 unspecified atom stereocenters. The van der Waals surface area contributed by atoms with Gasteiger partial charge in [0.1, 0.15) is 0 Å². The molecule has 1 N–H and O–H groups in total. The minimum absolute atomic E-state index is 0.242. The minimum Gasteiger partial charge on any atom is -0.478 e. The number of nitrogens with zero attached hydrogens (tertiary/aromatic N) is 1. The summed E-state index contributed by atoms with van der Waals surface area (Å²) in [5, 5.41) is 8.50. The number of unbranched alkanes of at least 4 members (excludes halogenated alkanes) is 1. The average molecular weight is 169 g/mol. The molecule has 1 heterocycles. The number of rotatable bonds is 5. The number of allylic oxidation sites excluding steroid dienone is 1. The largest absolute Gasteiger partial charge is 0.478 e. The topological polar surface area (TPSA) is 41.8 Å². The summed E-state index contributed by atoms with van der Waals surface area (Å²) in [7, 11) is 0. The van der Waals surface area contributed by atoms with E-state index < -0.39 is 0 Å². The number of aliphatic hydroxyl groups excluding tert-OH is 1. The molecule has 0 aromatic carbocycles. The Bertz CT molecular complexity index is 175. The van der Waals surface area contributed by atoms with Crippen LogP contribution >= 0.6 is 0 Å². The first-order valence-corrected chi connectivity index (χ1v) is 4.40. The Morgan fingerprint density at radius 2 is 2.33 bits per heavy atom. The first-order chi connectivity index (χ1) is 5.93. The fourth-order valence-electron chi connectivity index (χ4n) is 0.975. The highest BCUT2D eigenvalue weighted by Gasteiger charge is 1.98. The molecule has 0 radical (unpaired) electrons. The summed E-state index contributed by atoms with van der Waals surface area (Å²) in [6.07, 6.45) is 7.61. The highest BCUT2D eigenvalue weighted by molar-refractivity contribution is 5.60. The van der Waals surface area contributed by atoms with Crippen molar-refractivity contribution >= 4 is 6.21 Å². The number of aliphatic imine (C=N–C) groups is 1. The Labute approximate surface area is 72.8 Å². The third-order valence-corrected chi connectivity index (χ3v) is 1.64. The molecule has 3 nitrogen and oxygen atoms in total. The Morgan fingerprint density at radius 3 is 3.00 bits per heavy atom. The van der Waals surface area contributed by atoms with Crippen molar-refractivity contribution in [3.63, 3.8) is 0 Å². The number of hydrogen-bond acceptors (Lipinski definition) is 3. The number of aliphatic hydroxyl groups is 1. The third-order valence-electron chi connectivity index (χ3n) is 1.64. The summed E-state index contributed by atoms with van der Waals surface area (Å²) in [6, 6.07) is 0. The van der Waals surface area contributed by atoms with Crippen molar-refractivity contribution in [2.45, 2.75) is 25.7 Å². The maximum Gasteiger partial charge on any atom is 0.208 e. The van der Waals surface area contributed by atoms with Crippen LogP contribution in [0.2, 0.25) is 0 Å². The van der Waals surface area contributed by atoms with Crippen molar-refractivity contribution < 1.29 is 9.84 Å². The second-order valence-corrected chi connectivity index (χ2v) is 2.71. The van der Waals surface area contributed by atoms with Crippen LogP contribution in [0.3, 0.4) is 0 Å². The van der Waals surface area contributed by atoms with Crippen LogP contribution in [-0.4, -0.2) is 24.5 Å². The zero-order valence-corrected chi connectivity index (χ0v) is 7.20. The Morgan fingerprint density at radius 1 is 1.42 bits per heavy atom. The Kier molecular flexibility index (Phi) is 4.46. The van der Waals surface area contributed by atoms with E-state index in [4.69, 9.17) is 9.84 Å². The van der Waals surface area contributed by atoms with E-state index in [1.807, 2.05) is 12.3 Å². The quantitative estimate of drug-likeness (QED) is 0.633. The van der Waals surface area contributed by atoms with Crippen molar-refractivity contribution in [1.82, 2.24) is 0 Å². The molecule has 0 amide bonds. The molecule has 68 valence electrons. The molecule has 3 heteroatoms. The van der Waals surface area contributed by atoms with E-state index in [0.717, 1.165) is 31.6 Å². The van der Waals surface area contributed by atoms with Crippen molar-refractivity contribution in [3.05, 3.63) is 12.0 Å². The van der Waals surface area contributed by atoms with Gasteiger partial charge in [0.25, 0.3) is 0 Å². The summed E-state index contributed by atoms with van der Waals surface area (Å²) in [4.78, 5) is 4.08. The monoisotopic (exact) mass is 169 g/mol. The molecular weight excluding hydrogens is 154 g/mol. The second kappa shape index (κ2) is 5.77. The Hall–Kier alpha value is -0.830. The molecule has 1 aliphatic rings. The smallest absolute Gasteiger partial charge is 0.208 e. The summed E-state index contributed by atoms with van der Waals surface area (Å²) >= 11 is 0. The summed E-state index contributed by atoms with van der Waals surface area (Å²) in [5.41, 5.74) is 0. The highest BCUT2D eigenvalue weighted by Crippen LogP contribution is 2.08. The Balaban J connectivity index is 2.06. The van der Waals surface area contributed by atoms with Gasteiger partial charge in [-0.15, -0.1) is 0 Å². The normalized spacial score (nSPS) is 15.9. The van der Waals surface area contributed by atoms with E-state index >= 15 is 0 Å². The molecule has 0 aliphatic carbocycles. The predicted molar refractivity (Wildman–Crippen MR) is 48.1 cm³/mol. The fourth-order valence-corrected chi connectivity index (χ4v) is 0.975. The molecule has 1 rings (SSSR count).